The maximum Gasteiger partial charge on any atom is 0.274 e. The fourth-order valence-electron chi connectivity index (χ4n) is 4.39. The van der Waals surface area contributed by atoms with E-state index in [4.69, 9.17) is 10.8 Å². The van der Waals surface area contributed by atoms with Gasteiger partial charge in [-0.15, -0.1) is 0 Å². The molecule has 0 aliphatic carbocycles. The van der Waals surface area contributed by atoms with Crippen molar-refractivity contribution < 1.29 is 19.1 Å². The zero-order chi connectivity index (χ0) is 24.7. The summed E-state index contributed by atoms with van der Waals surface area (Å²) >= 11 is 0. The van der Waals surface area contributed by atoms with Gasteiger partial charge >= 0.3 is 0 Å². The average Bonchev–Trinajstić information content (AvgIpc) is 3.23. The Balaban J connectivity index is 1.65. The third-order valence-electron chi connectivity index (χ3n) is 5.89. The van der Waals surface area contributed by atoms with Crippen molar-refractivity contribution in [1.82, 2.24) is 25.1 Å². The molecule has 11 heteroatoms. The molecule has 5 rings (SSSR count). The molecule has 0 fully saturated rings. The lowest BCUT2D eigenvalue weighted by atomic mass is 9.97. The normalized spacial score (nSPS) is 15.0. The van der Waals surface area contributed by atoms with Crippen LogP contribution >= 0.6 is 0 Å². The van der Waals surface area contributed by atoms with Crippen LogP contribution in [0.3, 0.4) is 0 Å². The number of aromatic nitrogens is 4. The van der Waals surface area contributed by atoms with E-state index in [0.29, 0.717) is 40.8 Å². The minimum absolute atomic E-state index is 0.0664. The molecule has 1 unspecified atom stereocenters. The number of benzene rings is 2. The number of nitrogens with two attached hydrogens (primary N) is 1. The molecular weight excluding hydrogens is 453 g/mol. The van der Waals surface area contributed by atoms with Gasteiger partial charge < -0.3 is 21.1 Å². The van der Waals surface area contributed by atoms with Gasteiger partial charge in [0.25, 0.3) is 5.91 Å². The van der Waals surface area contributed by atoms with Crippen molar-refractivity contribution in [2.75, 3.05) is 17.2 Å². The highest BCUT2D eigenvalue weighted by molar-refractivity contribution is 6.06. The first-order chi connectivity index (χ1) is 16.9. The van der Waals surface area contributed by atoms with Crippen molar-refractivity contribution in [3.05, 3.63) is 72.4 Å². The molecule has 2 aromatic carbocycles. The van der Waals surface area contributed by atoms with Gasteiger partial charge in [-0.05, 0) is 30.2 Å². The number of nitrogens with zero attached hydrogens (tertiary/aromatic N) is 5. The van der Waals surface area contributed by atoms with E-state index in [2.05, 4.69) is 21.9 Å². The van der Waals surface area contributed by atoms with Crippen molar-refractivity contribution in [2.45, 2.75) is 12.5 Å². The van der Waals surface area contributed by atoms with Crippen LogP contribution < -0.4 is 16.0 Å². The summed E-state index contributed by atoms with van der Waals surface area (Å²) in [5, 5.41) is 17.4. The molecule has 176 valence electrons. The second-order valence-electron chi connectivity index (χ2n) is 8.09. The highest BCUT2D eigenvalue weighted by atomic mass is 19.1. The van der Waals surface area contributed by atoms with Crippen LogP contribution in [0, 0.1) is 5.82 Å². The fourth-order valence-corrected chi connectivity index (χ4v) is 4.39. The molecule has 1 atom stereocenters. The van der Waals surface area contributed by atoms with Crippen LogP contribution in [0.15, 0.2) is 61.1 Å². The number of halogens is 1. The lowest BCUT2D eigenvalue weighted by Crippen LogP contribution is -2.43. The molecule has 0 spiro atoms. The first-order valence-electron chi connectivity index (χ1n) is 10.6. The van der Waals surface area contributed by atoms with Crippen LogP contribution in [-0.4, -0.2) is 43.7 Å². The molecule has 3 heterocycles. The number of carbonyl (C=O) groups excluding carboxylic acids is 2. The Morgan fingerprint density at radius 2 is 2.06 bits per heavy atom. The van der Waals surface area contributed by atoms with Gasteiger partial charge in [-0.1, -0.05) is 24.8 Å². The average molecular weight is 473 g/mol. The summed E-state index contributed by atoms with van der Waals surface area (Å²) in [7, 11) is 0. The minimum Gasteiger partial charge on any atom is -0.508 e. The van der Waals surface area contributed by atoms with Gasteiger partial charge in [-0.2, -0.15) is 5.10 Å². The zero-order valence-electron chi connectivity index (χ0n) is 18.3. The zero-order valence-corrected chi connectivity index (χ0v) is 18.3. The monoisotopic (exact) mass is 473 g/mol. The number of aromatic hydroxyl groups is 1. The fraction of sp³-hybridized carbons (Fsp3) is 0.125. The van der Waals surface area contributed by atoms with Crippen LogP contribution in [0.1, 0.15) is 11.6 Å². The molecule has 0 radical (unpaired) electrons. The van der Waals surface area contributed by atoms with Gasteiger partial charge in [0.2, 0.25) is 6.41 Å². The third-order valence-corrected chi connectivity index (χ3v) is 5.89. The van der Waals surface area contributed by atoms with Gasteiger partial charge in [0, 0.05) is 23.9 Å². The van der Waals surface area contributed by atoms with E-state index in [1.165, 1.54) is 23.4 Å². The summed E-state index contributed by atoms with van der Waals surface area (Å²) in [6, 6.07) is 10.6. The molecule has 4 aromatic rings. The molecular formula is C24H20FN7O3. The molecule has 4 N–H and O–H groups in total. The number of fused-ring (bicyclic) bond motifs is 2. The number of hydrogen-bond acceptors (Lipinski definition) is 7. The summed E-state index contributed by atoms with van der Waals surface area (Å²) in [4.78, 5) is 33.9. The standard InChI is InChI=1S/C24H20FN7O3/c1-13(29-12-33)24(35)31-10-17(7-14-4-2-3-5-19(14)31)32-23-20(22(26)27-11-28-23)21(30-32)15-6-16(25)9-18(34)8-15/h2-6,8-9,11-12,17,34H,1,7,10H2,(H,29,33)(H2,26,27,28). The molecule has 10 nitrogen and oxygen atoms in total. The molecule has 2 aromatic heterocycles. The number of nitrogen functional groups attached to an aromatic ring is 1. The Hall–Kier alpha value is -4.80. The quantitative estimate of drug-likeness (QED) is 0.299. The molecule has 1 aliphatic rings. The highest BCUT2D eigenvalue weighted by Gasteiger charge is 2.33. The van der Waals surface area contributed by atoms with Crippen molar-refractivity contribution in [3.8, 4) is 17.0 Å². The van der Waals surface area contributed by atoms with Crippen LogP contribution in [0.4, 0.5) is 15.9 Å². The van der Waals surface area contributed by atoms with Crippen molar-refractivity contribution in [1.29, 1.82) is 0 Å². The maximum atomic E-state index is 14.1. The first kappa shape index (κ1) is 22.0. The van der Waals surface area contributed by atoms with E-state index in [-0.39, 0.29) is 29.9 Å². The molecule has 0 saturated heterocycles. The Morgan fingerprint density at radius 3 is 2.83 bits per heavy atom. The number of carbonyl (C=O) groups is 2. The summed E-state index contributed by atoms with van der Waals surface area (Å²) < 4.78 is 15.7. The van der Waals surface area contributed by atoms with Crippen LogP contribution in [0.25, 0.3) is 22.3 Å². The van der Waals surface area contributed by atoms with Gasteiger partial charge in [0.05, 0.1) is 17.1 Å². The van der Waals surface area contributed by atoms with E-state index in [9.17, 15) is 19.1 Å². The predicted octanol–water partition coefficient (Wildman–Crippen LogP) is 2.31. The largest absolute Gasteiger partial charge is 0.508 e. The number of nitrogens with one attached hydrogen (secondary N) is 1. The van der Waals surface area contributed by atoms with E-state index in [1.807, 2.05) is 24.3 Å². The molecule has 0 saturated carbocycles. The summed E-state index contributed by atoms with van der Waals surface area (Å²) in [5.74, 6) is -1.21. The van der Waals surface area contributed by atoms with Crippen LogP contribution in [0.5, 0.6) is 5.75 Å². The van der Waals surface area contributed by atoms with E-state index in [1.54, 1.807) is 4.68 Å². The summed E-state index contributed by atoms with van der Waals surface area (Å²) in [6.45, 7) is 3.86. The Labute approximate surface area is 198 Å². The lowest BCUT2D eigenvalue weighted by Gasteiger charge is -2.35. The SMILES string of the molecule is C=C(NC=O)C(=O)N1CC(n2nc(-c3cc(O)cc(F)c3)c3c(N)ncnc32)Cc2ccccc21. The number of para-hydroxylation sites is 1. The van der Waals surface area contributed by atoms with Gasteiger partial charge in [-0.3, -0.25) is 9.59 Å². The van der Waals surface area contributed by atoms with Crippen molar-refractivity contribution in [2.24, 2.45) is 0 Å². The number of amides is 2. The molecule has 35 heavy (non-hydrogen) atoms. The maximum absolute atomic E-state index is 14.1. The predicted molar refractivity (Wildman–Crippen MR) is 127 cm³/mol. The third kappa shape index (κ3) is 3.82. The Kier molecular flexibility index (Phi) is 5.36. The van der Waals surface area contributed by atoms with Gasteiger partial charge in [-0.25, -0.2) is 19.0 Å². The number of rotatable bonds is 5. The minimum atomic E-state index is -0.636. The Morgan fingerprint density at radius 1 is 1.26 bits per heavy atom. The first-order valence-corrected chi connectivity index (χ1v) is 10.6. The van der Waals surface area contributed by atoms with E-state index in [0.717, 1.165) is 11.6 Å². The molecule has 2 amide bonds. The van der Waals surface area contributed by atoms with Gasteiger partial charge in [0.15, 0.2) is 5.65 Å². The number of phenolic OH excluding ortho intramolecular Hbond substituents is 1. The number of phenols is 1. The molecule has 0 bridgehead atoms. The Bertz CT molecular complexity index is 1480. The topological polar surface area (TPSA) is 139 Å². The summed E-state index contributed by atoms with van der Waals surface area (Å²) in [5.41, 5.74) is 8.68. The van der Waals surface area contributed by atoms with Crippen LogP contribution in [0.2, 0.25) is 0 Å². The number of anilines is 2. The molecule has 1 aliphatic heterocycles. The lowest BCUT2D eigenvalue weighted by molar-refractivity contribution is -0.117. The highest BCUT2D eigenvalue weighted by Crippen LogP contribution is 2.37. The second kappa shape index (κ2) is 8.52. The van der Waals surface area contributed by atoms with E-state index >= 15 is 0 Å². The van der Waals surface area contributed by atoms with Crippen LogP contribution in [-0.2, 0) is 16.0 Å². The summed E-state index contributed by atoms with van der Waals surface area (Å²) in [6.07, 6.45) is 2.22. The van der Waals surface area contributed by atoms with E-state index < -0.39 is 11.7 Å². The van der Waals surface area contributed by atoms with Crippen molar-refractivity contribution in [3.63, 3.8) is 0 Å². The second-order valence-corrected chi connectivity index (χ2v) is 8.09. The van der Waals surface area contributed by atoms with Gasteiger partial charge in [0.1, 0.15) is 29.4 Å². The smallest absolute Gasteiger partial charge is 0.274 e. The number of hydrogen-bond donors (Lipinski definition) is 3. The van der Waals surface area contributed by atoms with Crippen molar-refractivity contribution >= 4 is 34.9 Å².